The average molecular weight is 477 g/mol. The Kier molecular flexibility index (Phi) is 8.55. The second kappa shape index (κ2) is 11.4. The topological polar surface area (TPSA) is 64.7 Å². The molecule has 184 valence electrons. The second-order valence-corrected chi connectivity index (χ2v) is 8.29. The van der Waals surface area contributed by atoms with Gasteiger partial charge in [-0.1, -0.05) is 37.3 Å². The van der Waals surface area contributed by atoms with Crippen molar-refractivity contribution >= 4 is 17.5 Å². The molecule has 2 N–H and O–H groups in total. The van der Waals surface area contributed by atoms with Crippen molar-refractivity contribution in [1.29, 1.82) is 0 Å². The number of rotatable bonds is 9. The first kappa shape index (κ1) is 25.6. The molecule has 0 aromatic heterocycles. The fourth-order valence-electron chi connectivity index (χ4n) is 4.17. The Morgan fingerprint density at radius 3 is 2.59 bits per heavy atom. The van der Waals surface area contributed by atoms with Crippen LogP contribution in [0.15, 0.2) is 42.5 Å². The summed E-state index contributed by atoms with van der Waals surface area (Å²) in [5, 5.41) is 6.13. The van der Waals surface area contributed by atoms with Crippen LogP contribution in [0, 0.1) is 0 Å². The number of carbonyl (C=O) groups is 2. The van der Waals surface area contributed by atoms with Crippen molar-refractivity contribution in [3.05, 3.63) is 64.7 Å². The van der Waals surface area contributed by atoms with Gasteiger partial charge < -0.3 is 20.4 Å². The fraction of sp³-hybridized carbons (Fsp3) is 0.440. The van der Waals surface area contributed by atoms with Gasteiger partial charge >= 0.3 is 6.18 Å². The van der Waals surface area contributed by atoms with Crippen LogP contribution in [-0.2, 0) is 35.3 Å². The highest BCUT2D eigenvalue weighted by Gasteiger charge is 2.33. The summed E-state index contributed by atoms with van der Waals surface area (Å²) < 4.78 is 40.3. The first-order chi connectivity index (χ1) is 16.2. The molecule has 0 saturated heterocycles. The minimum Gasteiger partial charge on any atom is -0.376 e. The lowest BCUT2D eigenvalue weighted by molar-refractivity contribution is -0.139. The number of fused-ring (bicyclic) bond motifs is 1. The van der Waals surface area contributed by atoms with Gasteiger partial charge in [-0.3, -0.25) is 9.59 Å². The molecule has 0 saturated carbocycles. The minimum atomic E-state index is -4.48. The number of alkyl halides is 3. The van der Waals surface area contributed by atoms with Crippen molar-refractivity contribution in [3.63, 3.8) is 0 Å². The van der Waals surface area contributed by atoms with E-state index in [1.165, 1.54) is 17.0 Å². The molecular formula is C25H31F3N4O2. The molecule has 1 heterocycles. The third-order valence-electron chi connectivity index (χ3n) is 6.02. The minimum absolute atomic E-state index is 0.0358. The van der Waals surface area contributed by atoms with E-state index in [1.807, 2.05) is 30.0 Å². The number of hydrogen-bond acceptors (Lipinski definition) is 4. The monoisotopic (exact) mass is 476 g/mol. The zero-order chi connectivity index (χ0) is 24.7. The molecule has 0 atom stereocenters. The number of hydrogen-bond donors (Lipinski definition) is 2. The third-order valence-corrected chi connectivity index (χ3v) is 6.02. The van der Waals surface area contributed by atoms with Crippen LogP contribution < -0.4 is 10.6 Å². The summed E-state index contributed by atoms with van der Waals surface area (Å²) in [6.45, 7) is 3.58. The van der Waals surface area contributed by atoms with Crippen LogP contribution in [0.3, 0.4) is 0 Å². The number of anilines is 1. The molecule has 0 unspecified atom stereocenters. The lowest BCUT2D eigenvalue weighted by atomic mass is 9.97. The summed E-state index contributed by atoms with van der Waals surface area (Å²) in [4.78, 5) is 28.4. The highest BCUT2D eigenvalue weighted by atomic mass is 19.4. The Balaban J connectivity index is 1.72. The summed E-state index contributed by atoms with van der Waals surface area (Å²) in [6.07, 6.45) is -3.34. The molecule has 1 aliphatic heterocycles. The molecule has 1 aliphatic rings. The average Bonchev–Trinajstić information content (AvgIpc) is 2.83. The van der Waals surface area contributed by atoms with Gasteiger partial charge in [-0.25, -0.2) is 0 Å². The Bertz CT molecular complexity index is 1010. The van der Waals surface area contributed by atoms with Gasteiger partial charge in [-0.2, -0.15) is 13.2 Å². The van der Waals surface area contributed by atoms with E-state index in [0.717, 1.165) is 22.9 Å². The van der Waals surface area contributed by atoms with Gasteiger partial charge in [0, 0.05) is 44.8 Å². The van der Waals surface area contributed by atoms with Crippen molar-refractivity contribution in [3.8, 4) is 0 Å². The summed E-state index contributed by atoms with van der Waals surface area (Å²) in [5.74, 6) is -0.179. The van der Waals surface area contributed by atoms with E-state index in [-0.39, 0.29) is 37.0 Å². The zero-order valence-corrected chi connectivity index (χ0v) is 19.5. The Morgan fingerprint density at radius 1 is 1.12 bits per heavy atom. The first-order valence-corrected chi connectivity index (χ1v) is 11.4. The molecule has 0 radical (unpaired) electrons. The number of carbonyl (C=O) groups excluding carboxylic acids is 2. The normalized spacial score (nSPS) is 13.4. The van der Waals surface area contributed by atoms with Crippen molar-refractivity contribution < 1.29 is 22.8 Å². The summed E-state index contributed by atoms with van der Waals surface area (Å²) in [5.41, 5.74) is 2.26. The van der Waals surface area contributed by atoms with Crippen LogP contribution in [-0.4, -0.2) is 54.8 Å². The van der Waals surface area contributed by atoms with Crippen LogP contribution in [0.2, 0.25) is 0 Å². The van der Waals surface area contributed by atoms with E-state index in [2.05, 4.69) is 10.6 Å². The molecule has 34 heavy (non-hydrogen) atoms. The molecule has 0 spiro atoms. The van der Waals surface area contributed by atoms with Crippen LogP contribution in [0.1, 0.15) is 35.6 Å². The maximum Gasteiger partial charge on any atom is 0.416 e. The Labute approximate surface area is 198 Å². The molecule has 0 bridgehead atoms. The molecule has 2 aromatic carbocycles. The smallest absolute Gasteiger partial charge is 0.376 e. The highest BCUT2D eigenvalue weighted by Crippen LogP contribution is 2.32. The Hall–Kier alpha value is -3.07. The van der Waals surface area contributed by atoms with E-state index >= 15 is 0 Å². The third kappa shape index (κ3) is 6.28. The SMILES string of the molecule is CCC(=O)N1CCc2c(cccc2NCC(=O)N(CCNC)Cc2ccccc2C(F)(F)F)C1. The van der Waals surface area contributed by atoms with Crippen LogP contribution in [0.5, 0.6) is 0 Å². The molecule has 2 amide bonds. The lowest BCUT2D eigenvalue weighted by Crippen LogP contribution is -2.39. The van der Waals surface area contributed by atoms with Crippen molar-refractivity contribution in [2.75, 3.05) is 38.5 Å². The number of nitrogens with one attached hydrogen (secondary N) is 2. The first-order valence-electron chi connectivity index (χ1n) is 11.4. The van der Waals surface area contributed by atoms with E-state index < -0.39 is 11.7 Å². The molecule has 0 aliphatic carbocycles. The summed E-state index contributed by atoms with van der Waals surface area (Å²) >= 11 is 0. The van der Waals surface area contributed by atoms with Crippen molar-refractivity contribution in [1.82, 2.24) is 15.1 Å². The zero-order valence-electron chi connectivity index (χ0n) is 19.5. The van der Waals surface area contributed by atoms with Crippen molar-refractivity contribution in [2.45, 2.75) is 39.0 Å². The fourth-order valence-corrected chi connectivity index (χ4v) is 4.17. The number of nitrogens with zero attached hydrogens (tertiary/aromatic N) is 2. The van der Waals surface area contributed by atoms with Gasteiger partial charge in [0.2, 0.25) is 11.8 Å². The number of halogens is 3. The highest BCUT2D eigenvalue weighted by molar-refractivity contribution is 5.81. The summed E-state index contributed by atoms with van der Waals surface area (Å²) in [7, 11) is 1.73. The van der Waals surface area contributed by atoms with Crippen LogP contribution >= 0.6 is 0 Å². The van der Waals surface area contributed by atoms with E-state index in [1.54, 1.807) is 13.1 Å². The van der Waals surface area contributed by atoms with Gasteiger partial charge in [-0.15, -0.1) is 0 Å². The molecule has 6 nitrogen and oxygen atoms in total. The quantitative estimate of drug-likeness (QED) is 0.580. The van der Waals surface area contributed by atoms with Gasteiger partial charge in [0.05, 0.1) is 12.1 Å². The standard InChI is InChI=1S/C25H31F3N4O2/c1-3-23(33)31-13-11-20-18(16-31)8-6-10-22(20)30-15-24(34)32(14-12-29-2)17-19-7-4-5-9-21(19)25(26,27)28/h4-10,29-30H,3,11-17H2,1-2H3. The van der Waals surface area contributed by atoms with Gasteiger partial charge in [0.25, 0.3) is 0 Å². The molecule has 2 aromatic rings. The number of benzene rings is 2. The molecule has 0 fully saturated rings. The largest absolute Gasteiger partial charge is 0.416 e. The predicted octanol–water partition coefficient (Wildman–Crippen LogP) is 3.66. The molecule has 3 rings (SSSR count). The van der Waals surface area contributed by atoms with Crippen LogP contribution in [0.4, 0.5) is 18.9 Å². The van der Waals surface area contributed by atoms with Crippen LogP contribution in [0.25, 0.3) is 0 Å². The maximum absolute atomic E-state index is 13.4. The van der Waals surface area contributed by atoms with E-state index in [4.69, 9.17) is 0 Å². The molecule has 9 heteroatoms. The predicted molar refractivity (Wildman–Crippen MR) is 125 cm³/mol. The lowest BCUT2D eigenvalue weighted by Gasteiger charge is -2.30. The van der Waals surface area contributed by atoms with E-state index in [9.17, 15) is 22.8 Å². The van der Waals surface area contributed by atoms with E-state index in [0.29, 0.717) is 32.5 Å². The van der Waals surface area contributed by atoms with Gasteiger partial charge in [-0.05, 0) is 42.3 Å². The second-order valence-electron chi connectivity index (χ2n) is 8.29. The van der Waals surface area contributed by atoms with Crippen molar-refractivity contribution in [2.24, 2.45) is 0 Å². The number of likely N-dealkylation sites (N-methyl/N-ethyl adjacent to an activating group) is 1. The number of amides is 2. The summed E-state index contributed by atoms with van der Waals surface area (Å²) in [6, 6.07) is 11.1. The maximum atomic E-state index is 13.4. The Morgan fingerprint density at radius 2 is 1.88 bits per heavy atom. The van der Waals surface area contributed by atoms with Gasteiger partial charge in [0.15, 0.2) is 0 Å². The molecular weight excluding hydrogens is 445 g/mol. The van der Waals surface area contributed by atoms with Gasteiger partial charge in [0.1, 0.15) is 0 Å².